The van der Waals surface area contributed by atoms with Gasteiger partial charge in [0.2, 0.25) is 5.95 Å². The molecule has 0 radical (unpaired) electrons. The first-order chi connectivity index (χ1) is 11.5. The highest BCUT2D eigenvalue weighted by atomic mass is 35.5. The second kappa shape index (κ2) is 7.31. The van der Waals surface area contributed by atoms with Crippen LogP contribution in [0.2, 0.25) is 5.02 Å². The van der Waals surface area contributed by atoms with Crippen LogP contribution in [-0.2, 0) is 9.53 Å². The van der Waals surface area contributed by atoms with Gasteiger partial charge in [0.25, 0.3) is 5.91 Å². The summed E-state index contributed by atoms with van der Waals surface area (Å²) in [6, 6.07) is 0. The molecule has 24 heavy (non-hydrogen) atoms. The third-order valence-electron chi connectivity index (χ3n) is 4.15. The van der Waals surface area contributed by atoms with Crippen LogP contribution in [0.25, 0.3) is 0 Å². The Hall–Kier alpha value is -1.93. The van der Waals surface area contributed by atoms with Crippen molar-refractivity contribution >= 4 is 29.4 Å². The van der Waals surface area contributed by atoms with Crippen molar-refractivity contribution in [3.8, 4) is 0 Å². The predicted molar refractivity (Wildman–Crippen MR) is 86.4 cm³/mol. The van der Waals surface area contributed by atoms with Crippen molar-refractivity contribution in [3.05, 3.63) is 16.9 Å². The van der Waals surface area contributed by atoms with Gasteiger partial charge in [-0.1, -0.05) is 11.6 Å². The number of carbonyl (C=O) groups is 2. The molecule has 1 amide bonds. The molecule has 3 rings (SSSR count). The highest BCUT2D eigenvalue weighted by Gasteiger charge is 2.29. The van der Waals surface area contributed by atoms with Crippen molar-refractivity contribution in [1.29, 1.82) is 0 Å². The molecule has 130 valence electrons. The van der Waals surface area contributed by atoms with Crippen LogP contribution >= 0.6 is 11.6 Å². The van der Waals surface area contributed by atoms with E-state index >= 15 is 0 Å². The van der Waals surface area contributed by atoms with Crippen molar-refractivity contribution in [3.63, 3.8) is 0 Å². The largest absolute Gasteiger partial charge is 0.481 e. The highest BCUT2D eigenvalue weighted by Crippen LogP contribution is 2.22. The Bertz CT molecular complexity index is 636. The van der Waals surface area contributed by atoms with Crippen LogP contribution < -0.4 is 4.90 Å². The van der Waals surface area contributed by atoms with Crippen LogP contribution in [0, 0.1) is 0 Å². The fourth-order valence-corrected chi connectivity index (χ4v) is 3.12. The van der Waals surface area contributed by atoms with Crippen LogP contribution in [0.5, 0.6) is 0 Å². The minimum Gasteiger partial charge on any atom is -0.481 e. The van der Waals surface area contributed by atoms with E-state index in [2.05, 4.69) is 9.97 Å². The molecule has 3 heterocycles. The standard InChI is InChI=1S/C15H19ClN4O4/c16-11-8-17-15(19-3-1-2-4-19)18-13(11)14(23)20-5-6-24-10(9-20)7-12(21)22/h8,10H,1-7,9H2,(H,21,22)/t10-/m0/s1. The second-order valence-electron chi connectivity index (χ2n) is 5.90. The minimum atomic E-state index is -0.953. The van der Waals surface area contributed by atoms with Gasteiger partial charge in [0.1, 0.15) is 0 Å². The Morgan fingerprint density at radius 3 is 2.79 bits per heavy atom. The monoisotopic (exact) mass is 354 g/mol. The number of nitrogens with zero attached hydrogens (tertiary/aromatic N) is 4. The molecule has 0 aliphatic carbocycles. The molecule has 2 saturated heterocycles. The van der Waals surface area contributed by atoms with E-state index in [1.165, 1.54) is 6.20 Å². The van der Waals surface area contributed by atoms with E-state index < -0.39 is 12.1 Å². The number of aromatic nitrogens is 2. The smallest absolute Gasteiger partial charge is 0.306 e. The zero-order chi connectivity index (χ0) is 17.1. The maximum atomic E-state index is 12.7. The third-order valence-corrected chi connectivity index (χ3v) is 4.43. The van der Waals surface area contributed by atoms with Crippen LogP contribution in [0.3, 0.4) is 0 Å². The van der Waals surface area contributed by atoms with Crippen LogP contribution in [-0.4, -0.2) is 70.7 Å². The number of anilines is 1. The Morgan fingerprint density at radius 1 is 1.33 bits per heavy atom. The van der Waals surface area contributed by atoms with Gasteiger partial charge >= 0.3 is 5.97 Å². The second-order valence-corrected chi connectivity index (χ2v) is 6.31. The van der Waals surface area contributed by atoms with Gasteiger partial charge in [0.15, 0.2) is 5.69 Å². The van der Waals surface area contributed by atoms with Gasteiger partial charge in [-0.25, -0.2) is 9.97 Å². The van der Waals surface area contributed by atoms with E-state index in [9.17, 15) is 9.59 Å². The van der Waals surface area contributed by atoms with Gasteiger partial charge in [-0.15, -0.1) is 0 Å². The number of carbonyl (C=O) groups excluding carboxylic acids is 1. The number of halogens is 1. The first-order valence-electron chi connectivity index (χ1n) is 7.95. The van der Waals surface area contributed by atoms with Gasteiger partial charge in [-0.2, -0.15) is 0 Å². The molecule has 0 saturated carbocycles. The van der Waals surface area contributed by atoms with Crippen molar-refractivity contribution in [2.45, 2.75) is 25.4 Å². The van der Waals surface area contributed by atoms with Crippen molar-refractivity contribution < 1.29 is 19.4 Å². The summed E-state index contributed by atoms with van der Waals surface area (Å²) in [6.07, 6.45) is 2.95. The molecule has 0 aromatic carbocycles. The molecular formula is C15H19ClN4O4. The van der Waals surface area contributed by atoms with E-state index in [1.54, 1.807) is 4.90 Å². The Balaban J connectivity index is 1.76. The number of carboxylic acid groups (broad SMARTS) is 1. The predicted octanol–water partition coefficient (Wildman–Crippen LogP) is 1.05. The maximum Gasteiger partial charge on any atom is 0.306 e. The average Bonchev–Trinajstić information content (AvgIpc) is 3.09. The summed E-state index contributed by atoms with van der Waals surface area (Å²) < 4.78 is 5.39. The molecule has 1 N–H and O–H groups in total. The van der Waals surface area contributed by atoms with E-state index in [-0.39, 0.29) is 29.6 Å². The molecule has 2 aliphatic heterocycles. The quantitative estimate of drug-likeness (QED) is 0.863. The van der Waals surface area contributed by atoms with Crippen LogP contribution in [0.4, 0.5) is 5.95 Å². The lowest BCUT2D eigenvalue weighted by Gasteiger charge is -2.32. The zero-order valence-electron chi connectivity index (χ0n) is 13.2. The van der Waals surface area contributed by atoms with Crippen molar-refractivity contribution in [2.24, 2.45) is 0 Å². The van der Waals surface area contributed by atoms with Gasteiger partial charge in [-0.05, 0) is 12.8 Å². The molecule has 0 bridgehead atoms. The molecule has 2 fully saturated rings. The SMILES string of the molecule is O=C(O)C[C@H]1CN(C(=O)c2nc(N3CCCC3)ncc2Cl)CCO1. The summed E-state index contributed by atoms with van der Waals surface area (Å²) in [6.45, 7) is 2.63. The third kappa shape index (κ3) is 3.76. The number of rotatable bonds is 4. The molecule has 1 aromatic heterocycles. The first kappa shape index (κ1) is 16.9. The van der Waals surface area contributed by atoms with Gasteiger partial charge in [0, 0.05) is 26.2 Å². The Kier molecular flexibility index (Phi) is 5.15. The molecular weight excluding hydrogens is 336 g/mol. The Labute approximate surface area is 144 Å². The lowest BCUT2D eigenvalue weighted by atomic mass is 10.2. The first-order valence-corrected chi connectivity index (χ1v) is 8.32. The number of amides is 1. The lowest BCUT2D eigenvalue weighted by Crippen LogP contribution is -2.46. The molecule has 2 aliphatic rings. The van der Waals surface area contributed by atoms with E-state index in [0.29, 0.717) is 19.1 Å². The minimum absolute atomic E-state index is 0.139. The fraction of sp³-hybridized carbons (Fsp3) is 0.600. The number of carboxylic acids is 1. The summed E-state index contributed by atoms with van der Waals surface area (Å²) in [5.41, 5.74) is 0.157. The van der Waals surface area contributed by atoms with Crippen LogP contribution in [0.15, 0.2) is 6.20 Å². The molecule has 1 aromatic rings. The molecule has 0 spiro atoms. The topological polar surface area (TPSA) is 95.9 Å². The maximum absolute atomic E-state index is 12.7. The number of ether oxygens (including phenoxy) is 1. The fourth-order valence-electron chi connectivity index (χ4n) is 2.95. The normalized spacial score (nSPS) is 21.1. The lowest BCUT2D eigenvalue weighted by molar-refractivity contribution is -0.141. The van der Waals surface area contributed by atoms with Crippen molar-refractivity contribution in [2.75, 3.05) is 37.7 Å². The summed E-state index contributed by atoms with van der Waals surface area (Å²) in [5, 5.41) is 9.08. The molecule has 8 nitrogen and oxygen atoms in total. The van der Waals surface area contributed by atoms with Crippen LogP contribution in [0.1, 0.15) is 29.8 Å². The highest BCUT2D eigenvalue weighted by molar-refractivity contribution is 6.33. The number of aliphatic carboxylic acids is 1. The Morgan fingerprint density at radius 2 is 2.08 bits per heavy atom. The summed E-state index contributed by atoms with van der Waals surface area (Å²) >= 11 is 6.12. The molecule has 9 heteroatoms. The summed E-state index contributed by atoms with van der Waals surface area (Å²) in [7, 11) is 0. The van der Waals surface area contributed by atoms with E-state index in [0.717, 1.165) is 25.9 Å². The number of hydrogen-bond donors (Lipinski definition) is 1. The molecule has 0 unspecified atom stereocenters. The average molecular weight is 355 g/mol. The van der Waals surface area contributed by atoms with Gasteiger partial charge < -0.3 is 19.6 Å². The summed E-state index contributed by atoms with van der Waals surface area (Å²) in [4.78, 5) is 35.7. The zero-order valence-corrected chi connectivity index (χ0v) is 13.9. The van der Waals surface area contributed by atoms with E-state index in [1.807, 2.05) is 4.90 Å². The number of morpholine rings is 1. The van der Waals surface area contributed by atoms with Crippen molar-refractivity contribution in [1.82, 2.24) is 14.9 Å². The van der Waals surface area contributed by atoms with E-state index in [4.69, 9.17) is 21.4 Å². The van der Waals surface area contributed by atoms with Gasteiger partial charge in [-0.3, -0.25) is 9.59 Å². The number of hydrogen-bond acceptors (Lipinski definition) is 6. The summed E-state index contributed by atoms with van der Waals surface area (Å²) in [5.74, 6) is -0.761. The molecule has 1 atom stereocenters. The van der Waals surface area contributed by atoms with Gasteiger partial charge in [0.05, 0.1) is 30.4 Å².